The van der Waals surface area contributed by atoms with Crippen molar-refractivity contribution < 1.29 is 0 Å². The van der Waals surface area contributed by atoms with Crippen LogP contribution in [0.2, 0.25) is 0 Å². The lowest BCUT2D eigenvalue weighted by atomic mass is 10.2. The molecule has 0 radical (unpaired) electrons. The number of nitrogens with one attached hydrogen (secondary N) is 1. The van der Waals surface area contributed by atoms with Gasteiger partial charge < -0.3 is 0 Å². The average molecular weight is 149 g/mol. The molecule has 0 bridgehead atoms. The Morgan fingerprint density at radius 3 is 2.91 bits per heavy atom. The van der Waals surface area contributed by atoms with E-state index >= 15 is 0 Å². The van der Waals surface area contributed by atoms with Gasteiger partial charge in [0.1, 0.15) is 0 Å². The van der Waals surface area contributed by atoms with Gasteiger partial charge in [0.05, 0.1) is 17.6 Å². The Morgan fingerprint density at radius 2 is 2.55 bits per heavy atom. The smallest absolute Gasteiger partial charge is 0.0859 e. The minimum atomic E-state index is 0.847. The predicted molar refractivity (Wildman–Crippen MR) is 46.5 cm³/mol. The van der Waals surface area contributed by atoms with E-state index in [2.05, 4.69) is 21.9 Å². The van der Waals surface area contributed by atoms with Crippen molar-refractivity contribution in [3.05, 3.63) is 23.5 Å². The summed E-state index contributed by atoms with van der Waals surface area (Å²) in [5, 5.41) is 6.74. The molecule has 1 heterocycles. The molecule has 0 spiro atoms. The lowest BCUT2D eigenvalue weighted by Crippen LogP contribution is -1.83. The van der Waals surface area contributed by atoms with Crippen LogP contribution in [0.5, 0.6) is 0 Å². The van der Waals surface area contributed by atoms with Crippen LogP contribution in [-0.4, -0.2) is 16.9 Å². The minimum Gasteiger partial charge on any atom is -0.276 e. The molecule has 0 fully saturated rings. The maximum Gasteiger partial charge on any atom is 0.0859 e. The maximum absolute atomic E-state index is 3.88. The Balaban J connectivity index is 3.09. The molecule has 1 N–H and O–H groups in total. The Morgan fingerprint density at radius 1 is 1.82 bits per heavy atom. The summed E-state index contributed by atoms with van der Waals surface area (Å²) in [7, 11) is 0. The highest BCUT2D eigenvalue weighted by atomic mass is 15.1. The topological polar surface area (TPSA) is 41.0 Å². The van der Waals surface area contributed by atoms with Gasteiger partial charge in [-0.25, -0.2) is 0 Å². The van der Waals surface area contributed by atoms with Gasteiger partial charge in [-0.3, -0.25) is 10.1 Å². The zero-order valence-corrected chi connectivity index (χ0v) is 6.76. The van der Waals surface area contributed by atoms with Gasteiger partial charge >= 0.3 is 0 Å². The first-order valence-electron chi connectivity index (χ1n) is 3.43. The monoisotopic (exact) mass is 149 g/mol. The number of aryl methyl sites for hydroxylation is 1. The Bertz CT molecular complexity index is 283. The first-order valence-corrected chi connectivity index (χ1v) is 3.43. The van der Waals surface area contributed by atoms with E-state index in [1.54, 1.807) is 6.20 Å². The van der Waals surface area contributed by atoms with E-state index in [9.17, 15) is 0 Å². The summed E-state index contributed by atoms with van der Waals surface area (Å²) in [6.45, 7) is 7.36. The molecule has 1 aromatic rings. The number of aromatic nitrogens is 2. The molecule has 58 valence electrons. The zero-order valence-electron chi connectivity index (χ0n) is 6.76. The number of aliphatic imine (C=N–C) groups is 1. The van der Waals surface area contributed by atoms with Crippen molar-refractivity contribution in [2.75, 3.05) is 0 Å². The molecule has 3 nitrogen and oxygen atoms in total. The van der Waals surface area contributed by atoms with E-state index < -0.39 is 0 Å². The number of hydrogen-bond donors (Lipinski definition) is 1. The molecule has 1 aromatic heterocycles. The molecule has 0 aromatic carbocycles. The van der Waals surface area contributed by atoms with Crippen LogP contribution < -0.4 is 0 Å². The lowest BCUT2D eigenvalue weighted by Gasteiger charge is -1.96. The van der Waals surface area contributed by atoms with Crippen LogP contribution in [0.3, 0.4) is 0 Å². The van der Waals surface area contributed by atoms with E-state index in [-0.39, 0.29) is 0 Å². The quantitative estimate of drug-likeness (QED) is 0.640. The van der Waals surface area contributed by atoms with E-state index in [4.69, 9.17) is 0 Å². The van der Waals surface area contributed by atoms with E-state index in [0.29, 0.717) is 0 Å². The lowest BCUT2D eigenvalue weighted by molar-refractivity contribution is 1.07. The third-order valence-corrected chi connectivity index (χ3v) is 1.53. The van der Waals surface area contributed by atoms with Gasteiger partial charge in [0.25, 0.3) is 0 Å². The van der Waals surface area contributed by atoms with Crippen LogP contribution in [0.25, 0.3) is 5.70 Å². The van der Waals surface area contributed by atoms with Crippen molar-refractivity contribution in [2.45, 2.75) is 13.8 Å². The molecule has 1 rings (SSSR count). The van der Waals surface area contributed by atoms with Crippen LogP contribution in [0, 0.1) is 6.92 Å². The molecule has 11 heavy (non-hydrogen) atoms. The van der Waals surface area contributed by atoms with Crippen molar-refractivity contribution in [3.63, 3.8) is 0 Å². The zero-order chi connectivity index (χ0) is 8.27. The van der Waals surface area contributed by atoms with E-state index in [1.807, 2.05) is 19.9 Å². The molecule has 0 saturated heterocycles. The molecule has 0 aliphatic rings. The SMILES string of the molecule is C=N/C(=C\C)c1[nH]ncc1C. The van der Waals surface area contributed by atoms with Gasteiger partial charge in [-0.1, -0.05) is 6.08 Å². The molecule has 0 atom stereocenters. The summed E-state index contributed by atoms with van der Waals surface area (Å²) in [4.78, 5) is 3.85. The van der Waals surface area contributed by atoms with Crippen molar-refractivity contribution >= 4 is 12.4 Å². The summed E-state index contributed by atoms with van der Waals surface area (Å²) in [6, 6.07) is 0. The first kappa shape index (κ1) is 7.72. The Labute approximate surface area is 65.9 Å². The van der Waals surface area contributed by atoms with Gasteiger partial charge in [0.15, 0.2) is 0 Å². The van der Waals surface area contributed by atoms with Gasteiger partial charge in [-0.05, 0) is 26.1 Å². The van der Waals surface area contributed by atoms with Gasteiger partial charge in [-0.2, -0.15) is 5.10 Å². The summed E-state index contributed by atoms with van der Waals surface area (Å²) in [5.74, 6) is 0. The Kier molecular flexibility index (Phi) is 2.21. The number of H-pyrrole nitrogens is 1. The second-order valence-corrected chi connectivity index (χ2v) is 2.26. The molecule has 0 aliphatic heterocycles. The summed E-state index contributed by atoms with van der Waals surface area (Å²) >= 11 is 0. The van der Waals surface area contributed by atoms with Gasteiger partial charge in [0, 0.05) is 0 Å². The highest BCUT2D eigenvalue weighted by Crippen LogP contribution is 2.15. The Hall–Kier alpha value is -1.38. The van der Waals surface area contributed by atoms with E-state index in [1.165, 1.54) is 0 Å². The third-order valence-electron chi connectivity index (χ3n) is 1.53. The fourth-order valence-electron chi connectivity index (χ4n) is 0.920. The number of aromatic amines is 1. The number of rotatable bonds is 2. The highest BCUT2D eigenvalue weighted by molar-refractivity contribution is 5.66. The van der Waals surface area contributed by atoms with Crippen molar-refractivity contribution in [1.82, 2.24) is 10.2 Å². The molecule has 0 saturated carbocycles. The molecular formula is C8H11N3. The minimum absolute atomic E-state index is 0.847. The molecule has 3 heteroatoms. The highest BCUT2D eigenvalue weighted by Gasteiger charge is 2.02. The van der Waals surface area contributed by atoms with Crippen LogP contribution >= 0.6 is 0 Å². The number of allylic oxidation sites excluding steroid dienone is 1. The normalized spacial score (nSPS) is 11.6. The third kappa shape index (κ3) is 1.37. The summed E-state index contributed by atoms with van der Waals surface area (Å²) in [6.07, 6.45) is 3.66. The fraction of sp³-hybridized carbons (Fsp3) is 0.250. The summed E-state index contributed by atoms with van der Waals surface area (Å²) in [5.41, 5.74) is 2.88. The van der Waals surface area contributed by atoms with Crippen molar-refractivity contribution in [2.24, 2.45) is 4.99 Å². The van der Waals surface area contributed by atoms with Crippen molar-refractivity contribution in [1.29, 1.82) is 0 Å². The second kappa shape index (κ2) is 3.14. The van der Waals surface area contributed by atoms with Crippen LogP contribution in [0.1, 0.15) is 18.2 Å². The molecule has 0 aliphatic carbocycles. The number of nitrogens with zero attached hydrogens (tertiary/aromatic N) is 2. The molecular weight excluding hydrogens is 138 g/mol. The number of hydrogen-bond acceptors (Lipinski definition) is 2. The predicted octanol–water partition coefficient (Wildman–Crippen LogP) is 1.78. The molecule has 0 unspecified atom stereocenters. The van der Waals surface area contributed by atoms with Crippen LogP contribution in [-0.2, 0) is 0 Å². The van der Waals surface area contributed by atoms with Crippen LogP contribution in [0.15, 0.2) is 17.3 Å². The maximum atomic E-state index is 3.88. The average Bonchev–Trinajstić information content (AvgIpc) is 2.40. The van der Waals surface area contributed by atoms with Crippen LogP contribution in [0.4, 0.5) is 0 Å². The fourth-order valence-corrected chi connectivity index (χ4v) is 0.920. The summed E-state index contributed by atoms with van der Waals surface area (Å²) < 4.78 is 0. The second-order valence-electron chi connectivity index (χ2n) is 2.26. The first-order chi connectivity index (χ1) is 5.29. The van der Waals surface area contributed by atoms with Gasteiger partial charge in [0.2, 0.25) is 0 Å². The van der Waals surface area contributed by atoms with Gasteiger partial charge in [-0.15, -0.1) is 0 Å². The standard InChI is InChI=1S/C8H11N3/c1-4-7(9-3)8-6(2)5-10-11-8/h4-5H,3H2,1-2H3,(H,10,11)/b7-4-. The largest absolute Gasteiger partial charge is 0.276 e. The van der Waals surface area contributed by atoms with Crippen molar-refractivity contribution in [3.8, 4) is 0 Å². The molecule has 0 amide bonds. The van der Waals surface area contributed by atoms with E-state index in [0.717, 1.165) is 17.0 Å².